The van der Waals surface area contributed by atoms with Crippen LogP contribution < -0.4 is 10.6 Å². The van der Waals surface area contributed by atoms with Crippen molar-refractivity contribution in [2.24, 2.45) is 0 Å². The minimum atomic E-state index is 0.0913. The molecule has 1 saturated heterocycles. The predicted molar refractivity (Wildman–Crippen MR) is 64.5 cm³/mol. The summed E-state index contributed by atoms with van der Waals surface area (Å²) in [5.74, 6) is 0.249. The Morgan fingerprint density at radius 2 is 1.88 bits per heavy atom. The molecule has 2 rings (SSSR count). The van der Waals surface area contributed by atoms with Crippen LogP contribution in [-0.2, 0) is 9.59 Å². The molecule has 0 bridgehead atoms. The molecule has 1 aliphatic carbocycles. The molecule has 0 atom stereocenters. The first-order valence-corrected chi connectivity index (χ1v) is 6.53. The van der Waals surface area contributed by atoms with E-state index in [0.717, 1.165) is 38.8 Å². The van der Waals surface area contributed by atoms with E-state index < -0.39 is 0 Å². The Bertz CT molecular complexity index is 283. The molecular weight excluding hydrogens is 218 g/mol. The van der Waals surface area contributed by atoms with Gasteiger partial charge in [-0.05, 0) is 25.7 Å². The van der Waals surface area contributed by atoms with Crippen molar-refractivity contribution in [2.45, 2.75) is 38.1 Å². The lowest BCUT2D eigenvalue weighted by molar-refractivity contribution is -0.129. The molecule has 1 saturated carbocycles. The van der Waals surface area contributed by atoms with Gasteiger partial charge in [0.2, 0.25) is 11.8 Å². The van der Waals surface area contributed by atoms with E-state index in [0.29, 0.717) is 25.6 Å². The average molecular weight is 239 g/mol. The molecule has 2 aliphatic rings. The minimum absolute atomic E-state index is 0.0913. The first-order valence-electron chi connectivity index (χ1n) is 6.53. The summed E-state index contributed by atoms with van der Waals surface area (Å²) in [4.78, 5) is 24.9. The molecule has 5 nitrogen and oxygen atoms in total. The number of hydrogen-bond acceptors (Lipinski definition) is 3. The molecule has 0 aromatic carbocycles. The second-order valence-corrected chi connectivity index (χ2v) is 4.86. The molecule has 0 unspecified atom stereocenters. The van der Waals surface area contributed by atoms with Gasteiger partial charge in [0.05, 0.1) is 6.54 Å². The zero-order valence-electron chi connectivity index (χ0n) is 10.2. The van der Waals surface area contributed by atoms with Crippen LogP contribution in [0.25, 0.3) is 0 Å². The highest BCUT2D eigenvalue weighted by Gasteiger charge is 2.22. The maximum absolute atomic E-state index is 11.6. The molecule has 2 amide bonds. The van der Waals surface area contributed by atoms with Crippen molar-refractivity contribution >= 4 is 11.8 Å². The van der Waals surface area contributed by atoms with Crippen LogP contribution in [0.5, 0.6) is 0 Å². The van der Waals surface area contributed by atoms with Crippen LogP contribution >= 0.6 is 0 Å². The van der Waals surface area contributed by atoms with Gasteiger partial charge in [-0.2, -0.15) is 0 Å². The van der Waals surface area contributed by atoms with Gasteiger partial charge in [0.1, 0.15) is 0 Å². The van der Waals surface area contributed by atoms with Crippen molar-refractivity contribution in [3.05, 3.63) is 0 Å². The van der Waals surface area contributed by atoms with Crippen molar-refractivity contribution in [3.63, 3.8) is 0 Å². The molecule has 5 heteroatoms. The van der Waals surface area contributed by atoms with Crippen LogP contribution in [0.15, 0.2) is 0 Å². The molecule has 2 fully saturated rings. The van der Waals surface area contributed by atoms with E-state index in [1.807, 2.05) is 4.90 Å². The summed E-state index contributed by atoms with van der Waals surface area (Å²) in [5, 5.41) is 5.96. The second-order valence-electron chi connectivity index (χ2n) is 4.86. The van der Waals surface area contributed by atoms with Gasteiger partial charge in [-0.3, -0.25) is 9.59 Å². The molecule has 0 spiro atoms. The molecule has 1 heterocycles. The molecule has 0 aromatic heterocycles. The highest BCUT2D eigenvalue weighted by molar-refractivity contribution is 5.79. The Kier molecular flexibility index (Phi) is 4.36. The van der Waals surface area contributed by atoms with Crippen molar-refractivity contribution in [3.8, 4) is 0 Å². The highest BCUT2D eigenvalue weighted by Crippen LogP contribution is 2.18. The lowest BCUT2D eigenvalue weighted by atomic mass is 10.4. The van der Waals surface area contributed by atoms with E-state index >= 15 is 0 Å². The smallest absolute Gasteiger partial charge is 0.236 e. The van der Waals surface area contributed by atoms with Crippen molar-refractivity contribution in [1.29, 1.82) is 0 Å². The fraction of sp³-hybridized carbons (Fsp3) is 0.833. The monoisotopic (exact) mass is 239 g/mol. The van der Waals surface area contributed by atoms with Gasteiger partial charge < -0.3 is 15.5 Å². The van der Waals surface area contributed by atoms with Crippen molar-refractivity contribution in [1.82, 2.24) is 15.5 Å². The SMILES string of the molecule is O=C(CCNCC(=O)N1CCCC1)NC1CC1. The summed E-state index contributed by atoms with van der Waals surface area (Å²) in [6.45, 7) is 2.72. The number of likely N-dealkylation sites (tertiary alicyclic amines) is 1. The van der Waals surface area contributed by atoms with Crippen LogP contribution in [0, 0.1) is 0 Å². The standard InChI is InChI=1S/C12H21N3O2/c16-11(14-10-3-4-10)5-6-13-9-12(17)15-7-1-2-8-15/h10,13H,1-9H2,(H,14,16). The topological polar surface area (TPSA) is 61.4 Å². The van der Waals surface area contributed by atoms with Crippen molar-refractivity contribution in [2.75, 3.05) is 26.2 Å². The van der Waals surface area contributed by atoms with Gasteiger partial charge in [0, 0.05) is 32.1 Å². The summed E-state index contributed by atoms with van der Waals surface area (Å²) in [6.07, 6.45) is 4.94. The quantitative estimate of drug-likeness (QED) is 0.635. The molecule has 96 valence electrons. The van der Waals surface area contributed by atoms with Gasteiger partial charge in [-0.1, -0.05) is 0 Å². The highest BCUT2D eigenvalue weighted by atomic mass is 16.2. The molecule has 1 aliphatic heterocycles. The first-order chi connectivity index (χ1) is 8.25. The number of rotatable bonds is 6. The Morgan fingerprint density at radius 3 is 2.53 bits per heavy atom. The third-order valence-corrected chi connectivity index (χ3v) is 3.21. The summed E-state index contributed by atoms with van der Waals surface area (Å²) in [7, 11) is 0. The Hall–Kier alpha value is -1.10. The zero-order chi connectivity index (χ0) is 12.1. The van der Waals surface area contributed by atoms with Crippen LogP contribution in [0.4, 0.5) is 0 Å². The molecule has 2 N–H and O–H groups in total. The molecule has 0 aromatic rings. The summed E-state index contributed by atoms with van der Waals surface area (Å²) < 4.78 is 0. The maximum atomic E-state index is 11.6. The average Bonchev–Trinajstić information content (AvgIpc) is 2.96. The molecular formula is C12H21N3O2. The summed E-state index contributed by atoms with van der Waals surface area (Å²) in [5.41, 5.74) is 0. The summed E-state index contributed by atoms with van der Waals surface area (Å²) >= 11 is 0. The van der Waals surface area contributed by atoms with E-state index in [1.165, 1.54) is 0 Å². The first kappa shape index (κ1) is 12.4. The third-order valence-electron chi connectivity index (χ3n) is 3.21. The zero-order valence-corrected chi connectivity index (χ0v) is 10.2. The van der Waals surface area contributed by atoms with Crippen molar-refractivity contribution < 1.29 is 9.59 Å². The molecule has 17 heavy (non-hydrogen) atoms. The van der Waals surface area contributed by atoms with E-state index in [-0.39, 0.29) is 11.8 Å². The van der Waals surface area contributed by atoms with E-state index in [9.17, 15) is 9.59 Å². The van der Waals surface area contributed by atoms with Crippen LogP contribution in [0.3, 0.4) is 0 Å². The number of nitrogens with zero attached hydrogens (tertiary/aromatic N) is 1. The minimum Gasteiger partial charge on any atom is -0.353 e. The number of carbonyl (C=O) groups excluding carboxylic acids is 2. The number of hydrogen-bond donors (Lipinski definition) is 2. The summed E-state index contributed by atoms with van der Waals surface area (Å²) in [6, 6.07) is 0.425. The fourth-order valence-electron chi connectivity index (χ4n) is 2.00. The second kappa shape index (κ2) is 6.00. The van der Waals surface area contributed by atoms with Gasteiger partial charge in [-0.15, -0.1) is 0 Å². The predicted octanol–water partition coefficient (Wildman–Crippen LogP) is -0.133. The Morgan fingerprint density at radius 1 is 1.18 bits per heavy atom. The van der Waals surface area contributed by atoms with E-state index in [2.05, 4.69) is 10.6 Å². The molecule has 0 radical (unpaired) electrons. The van der Waals surface area contributed by atoms with Crippen LogP contribution in [0.2, 0.25) is 0 Å². The normalized spacial score (nSPS) is 19.4. The Labute approximate surface area is 102 Å². The van der Waals surface area contributed by atoms with Crippen LogP contribution in [-0.4, -0.2) is 48.9 Å². The van der Waals surface area contributed by atoms with Gasteiger partial charge >= 0.3 is 0 Å². The van der Waals surface area contributed by atoms with Gasteiger partial charge in [-0.25, -0.2) is 0 Å². The van der Waals surface area contributed by atoms with Gasteiger partial charge in [0.15, 0.2) is 0 Å². The van der Waals surface area contributed by atoms with E-state index in [1.54, 1.807) is 0 Å². The fourth-order valence-corrected chi connectivity index (χ4v) is 2.00. The van der Waals surface area contributed by atoms with Crippen LogP contribution in [0.1, 0.15) is 32.1 Å². The lowest BCUT2D eigenvalue weighted by Gasteiger charge is -2.15. The Balaban J connectivity index is 1.49. The lowest BCUT2D eigenvalue weighted by Crippen LogP contribution is -2.37. The van der Waals surface area contributed by atoms with E-state index in [4.69, 9.17) is 0 Å². The maximum Gasteiger partial charge on any atom is 0.236 e. The number of carbonyl (C=O) groups is 2. The number of amides is 2. The third kappa shape index (κ3) is 4.34. The largest absolute Gasteiger partial charge is 0.353 e. The van der Waals surface area contributed by atoms with Gasteiger partial charge in [0.25, 0.3) is 0 Å². The number of nitrogens with one attached hydrogen (secondary N) is 2.